The molecule has 0 aliphatic carbocycles. The second-order valence-electron chi connectivity index (χ2n) is 6.42. The van der Waals surface area contributed by atoms with E-state index in [1.54, 1.807) is 0 Å². The maximum absolute atomic E-state index is 12.2. The van der Waals surface area contributed by atoms with Crippen LogP contribution in [0.5, 0.6) is 5.75 Å². The van der Waals surface area contributed by atoms with Crippen molar-refractivity contribution in [1.29, 1.82) is 0 Å². The number of nitro benzene ring substituents is 1. The number of nitro groups is 1. The van der Waals surface area contributed by atoms with E-state index in [1.165, 1.54) is 35.6 Å². The van der Waals surface area contributed by atoms with E-state index in [1.807, 2.05) is 18.2 Å². The highest BCUT2D eigenvalue weighted by Crippen LogP contribution is 2.30. The van der Waals surface area contributed by atoms with Gasteiger partial charge in [-0.2, -0.15) is 0 Å². The first-order chi connectivity index (χ1) is 12.6. The molecule has 1 atom stereocenters. The Morgan fingerprint density at radius 2 is 1.92 bits per heavy atom. The number of quaternary nitrogens is 1. The molecule has 26 heavy (non-hydrogen) atoms. The molecule has 3 rings (SSSR count). The summed E-state index contributed by atoms with van der Waals surface area (Å²) in [6, 6.07) is 12.9. The highest BCUT2D eigenvalue weighted by atomic mass is 35.5. The van der Waals surface area contributed by atoms with Crippen LogP contribution in [0.25, 0.3) is 0 Å². The van der Waals surface area contributed by atoms with Crippen LogP contribution in [0.4, 0.5) is 5.69 Å². The van der Waals surface area contributed by atoms with Gasteiger partial charge in [-0.25, -0.2) is 0 Å². The summed E-state index contributed by atoms with van der Waals surface area (Å²) in [7, 11) is 0. The van der Waals surface area contributed by atoms with Crippen molar-refractivity contribution in [3.05, 3.63) is 68.7 Å². The molecule has 0 spiro atoms. The van der Waals surface area contributed by atoms with Crippen molar-refractivity contribution in [2.24, 2.45) is 4.99 Å². The van der Waals surface area contributed by atoms with Crippen LogP contribution in [0.3, 0.4) is 0 Å². The number of nitrogens with one attached hydrogen (secondary N) is 1. The highest BCUT2D eigenvalue weighted by Gasteiger charge is 2.26. The lowest BCUT2D eigenvalue weighted by Gasteiger charge is -2.23. The van der Waals surface area contributed by atoms with E-state index >= 15 is 0 Å². The summed E-state index contributed by atoms with van der Waals surface area (Å²) in [5.74, 6) is -0.659. The van der Waals surface area contributed by atoms with E-state index in [9.17, 15) is 15.2 Å². The van der Waals surface area contributed by atoms with Crippen LogP contribution in [0.1, 0.15) is 30.0 Å². The average molecular weight is 374 g/mol. The number of hydrogen-bond donors (Lipinski definition) is 1. The maximum Gasteiger partial charge on any atom is 0.263 e. The summed E-state index contributed by atoms with van der Waals surface area (Å²) in [4.78, 5) is 16.2. The fraction of sp³-hybridized carbons (Fsp3) is 0.316. The van der Waals surface area contributed by atoms with Gasteiger partial charge in [-0.1, -0.05) is 41.9 Å². The third kappa shape index (κ3) is 4.20. The molecular weight excluding hydrogens is 354 g/mol. The third-order valence-corrected chi connectivity index (χ3v) is 4.94. The van der Waals surface area contributed by atoms with Gasteiger partial charge in [0.2, 0.25) is 0 Å². The Labute approximate surface area is 156 Å². The Bertz CT molecular complexity index is 805. The molecule has 7 heteroatoms. The van der Waals surface area contributed by atoms with Gasteiger partial charge in [0, 0.05) is 35.7 Å². The number of likely N-dealkylation sites (tertiary alicyclic amines) is 1. The molecule has 136 valence electrons. The number of rotatable bonds is 6. The van der Waals surface area contributed by atoms with Crippen molar-refractivity contribution in [2.45, 2.75) is 18.9 Å². The molecule has 1 aliphatic rings. The van der Waals surface area contributed by atoms with Gasteiger partial charge < -0.3 is 10.0 Å². The Kier molecular flexibility index (Phi) is 5.85. The van der Waals surface area contributed by atoms with E-state index in [-0.39, 0.29) is 16.6 Å². The van der Waals surface area contributed by atoms with Gasteiger partial charge in [-0.15, -0.1) is 0 Å². The van der Waals surface area contributed by atoms with Crippen molar-refractivity contribution in [3.63, 3.8) is 0 Å². The standard InChI is InChI=1S/C19H20ClN3O3/c20-16-10-15(19(24)17(11-16)23(25)26)12-21-13-18(22-8-4-5-9-22)14-6-2-1-3-7-14/h1-3,6-7,10-12,18,24H,4-5,8-9,13H2/t18-/m1/s1. The predicted octanol–water partition coefficient (Wildman–Crippen LogP) is 2.16. The number of hydrogen-bond acceptors (Lipinski definition) is 4. The fourth-order valence-electron chi connectivity index (χ4n) is 3.42. The Morgan fingerprint density at radius 1 is 1.23 bits per heavy atom. The monoisotopic (exact) mass is 373 g/mol. The summed E-state index contributed by atoms with van der Waals surface area (Å²) in [5.41, 5.74) is 0.831. The molecule has 1 heterocycles. The van der Waals surface area contributed by atoms with Gasteiger partial charge in [-0.05, 0) is 17.4 Å². The van der Waals surface area contributed by atoms with E-state index in [4.69, 9.17) is 11.6 Å². The lowest BCUT2D eigenvalue weighted by atomic mass is 10.1. The maximum atomic E-state index is 12.2. The zero-order chi connectivity index (χ0) is 18.5. The van der Waals surface area contributed by atoms with Gasteiger partial charge in [0.25, 0.3) is 5.69 Å². The molecule has 1 N–H and O–H groups in total. The lowest BCUT2D eigenvalue weighted by molar-refractivity contribution is -0.918. The average Bonchev–Trinajstić information content (AvgIpc) is 3.16. The topological polar surface area (TPSA) is 83.0 Å². The minimum atomic E-state index is -0.716. The van der Waals surface area contributed by atoms with E-state index < -0.39 is 16.4 Å². The molecule has 2 aromatic carbocycles. The Hall–Kier alpha value is -2.44. The van der Waals surface area contributed by atoms with Gasteiger partial charge in [-0.3, -0.25) is 15.1 Å². The van der Waals surface area contributed by atoms with E-state index in [0.717, 1.165) is 19.2 Å². The van der Waals surface area contributed by atoms with E-state index in [0.29, 0.717) is 6.54 Å². The molecule has 1 aliphatic heterocycles. The Balaban J connectivity index is 1.82. The van der Waals surface area contributed by atoms with Gasteiger partial charge in [0.15, 0.2) is 0 Å². The minimum absolute atomic E-state index is 0.146. The van der Waals surface area contributed by atoms with Crippen molar-refractivity contribution in [3.8, 4) is 5.75 Å². The molecule has 0 bridgehead atoms. The highest BCUT2D eigenvalue weighted by molar-refractivity contribution is 6.31. The molecule has 0 unspecified atom stereocenters. The van der Waals surface area contributed by atoms with E-state index in [2.05, 4.69) is 17.1 Å². The van der Waals surface area contributed by atoms with Crippen LogP contribution < -0.4 is 10.0 Å². The molecular formula is C19H20ClN3O3. The number of benzene rings is 2. The third-order valence-electron chi connectivity index (χ3n) is 4.72. The molecule has 0 radical (unpaired) electrons. The second-order valence-corrected chi connectivity index (χ2v) is 6.86. The molecule has 0 aromatic heterocycles. The Morgan fingerprint density at radius 3 is 2.58 bits per heavy atom. The SMILES string of the molecule is O=[N+]([O-])c1cc(Cl)cc(C=NC[C@H](c2ccccc2)[NH+]2CCCC2)c1[O-]. The van der Waals surface area contributed by atoms with Gasteiger partial charge in [0.05, 0.1) is 24.6 Å². The summed E-state index contributed by atoms with van der Waals surface area (Å²) < 4.78 is 0. The minimum Gasteiger partial charge on any atom is -0.867 e. The normalized spacial score (nSPS) is 16.2. The number of nitrogens with zero attached hydrogens (tertiary/aromatic N) is 2. The summed E-state index contributed by atoms with van der Waals surface area (Å²) in [6.07, 6.45) is 3.81. The first-order valence-electron chi connectivity index (χ1n) is 8.60. The molecule has 1 saturated heterocycles. The molecule has 2 aromatic rings. The summed E-state index contributed by atoms with van der Waals surface area (Å²) in [5, 5.41) is 23.3. The van der Waals surface area contributed by atoms with Crippen LogP contribution in [0, 0.1) is 10.1 Å². The zero-order valence-corrected chi connectivity index (χ0v) is 15.0. The molecule has 0 saturated carbocycles. The van der Waals surface area contributed by atoms with Crippen LogP contribution in [-0.4, -0.2) is 30.8 Å². The van der Waals surface area contributed by atoms with Crippen molar-refractivity contribution in [2.75, 3.05) is 19.6 Å². The van der Waals surface area contributed by atoms with Crippen molar-refractivity contribution >= 4 is 23.5 Å². The fourth-order valence-corrected chi connectivity index (χ4v) is 3.64. The quantitative estimate of drug-likeness (QED) is 0.478. The smallest absolute Gasteiger partial charge is 0.263 e. The summed E-state index contributed by atoms with van der Waals surface area (Å²) in [6.45, 7) is 2.72. The van der Waals surface area contributed by atoms with Crippen LogP contribution in [0.15, 0.2) is 47.5 Å². The van der Waals surface area contributed by atoms with Crippen LogP contribution >= 0.6 is 11.6 Å². The lowest BCUT2D eigenvalue weighted by Crippen LogP contribution is -3.10. The molecule has 6 nitrogen and oxygen atoms in total. The van der Waals surface area contributed by atoms with Gasteiger partial charge in [0.1, 0.15) is 6.04 Å². The number of aliphatic imine (C=N–C) groups is 1. The predicted molar refractivity (Wildman–Crippen MR) is 99.1 cm³/mol. The molecule has 0 amide bonds. The van der Waals surface area contributed by atoms with Gasteiger partial charge >= 0.3 is 0 Å². The van der Waals surface area contributed by atoms with Crippen molar-refractivity contribution in [1.82, 2.24) is 0 Å². The van der Waals surface area contributed by atoms with Crippen LogP contribution in [0.2, 0.25) is 5.02 Å². The second kappa shape index (κ2) is 8.29. The summed E-state index contributed by atoms with van der Waals surface area (Å²) >= 11 is 5.90. The molecule has 1 fully saturated rings. The van der Waals surface area contributed by atoms with Crippen molar-refractivity contribution < 1.29 is 14.9 Å². The largest absolute Gasteiger partial charge is 0.867 e. The first-order valence-corrected chi connectivity index (χ1v) is 8.98. The zero-order valence-electron chi connectivity index (χ0n) is 14.2. The van der Waals surface area contributed by atoms with Crippen LogP contribution in [-0.2, 0) is 0 Å². The number of halogens is 1. The first kappa shape index (κ1) is 18.4.